The third kappa shape index (κ3) is 4.22. The summed E-state index contributed by atoms with van der Waals surface area (Å²) in [5.41, 5.74) is 6.23. The van der Waals surface area contributed by atoms with Gasteiger partial charge >= 0.3 is 0 Å². The smallest absolute Gasteiger partial charge is 0.125 e. The average molecular weight is 225 g/mol. The zero-order valence-corrected chi connectivity index (χ0v) is 9.51. The number of nitrogens with two attached hydrogens (primary N) is 1. The van der Waals surface area contributed by atoms with E-state index < -0.39 is 0 Å². The quantitative estimate of drug-likeness (QED) is 0.562. The van der Waals surface area contributed by atoms with Crippen LogP contribution in [0.5, 0.6) is 0 Å². The summed E-state index contributed by atoms with van der Waals surface area (Å²) >= 11 is 4.82. The maximum absolute atomic E-state index is 5.45. The van der Waals surface area contributed by atoms with E-state index in [0.717, 1.165) is 24.5 Å². The van der Waals surface area contributed by atoms with Crippen molar-refractivity contribution in [2.45, 2.75) is 6.92 Å². The molecule has 4 nitrogen and oxygen atoms in total. The fraction of sp³-hybridized carbons (Fsp3) is 0.400. The Morgan fingerprint density at radius 2 is 2.40 bits per heavy atom. The summed E-state index contributed by atoms with van der Waals surface area (Å²) in [5.74, 6) is 0.801. The van der Waals surface area contributed by atoms with Gasteiger partial charge < -0.3 is 15.8 Å². The fourth-order valence-corrected chi connectivity index (χ4v) is 1.16. The van der Waals surface area contributed by atoms with Gasteiger partial charge in [-0.15, -0.1) is 0 Å². The molecule has 0 aromatic carbocycles. The Morgan fingerprint density at radius 1 is 1.60 bits per heavy atom. The lowest BCUT2D eigenvalue weighted by molar-refractivity contribution is 0.158. The number of nitrogens with zero attached hydrogens (tertiary/aromatic N) is 1. The monoisotopic (exact) mass is 225 g/mol. The summed E-state index contributed by atoms with van der Waals surface area (Å²) in [6.45, 7) is 4.12. The van der Waals surface area contributed by atoms with Crippen molar-refractivity contribution in [2.75, 3.05) is 25.1 Å². The predicted octanol–water partition coefficient (Wildman–Crippen LogP) is 1.16. The zero-order valence-electron chi connectivity index (χ0n) is 8.69. The molecule has 0 aliphatic heterocycles. The lowest BCUT2D eigenvalue weighted by Crippen LogP contribution is -2.12. The molecule has 1 aromatic heterocycles. The van der Waals surface area contributed by atoms with Gasteiger partial charge in [0.1, 0.15) is 10.8 Å². The van der Waals surface area contributed by atoms with Crippen molar-refractivity contribution in [1.29, 1.82) is 0 Å². The number of nitrogens with one attached hydrogen (secondary N) is 1. The van der Waals surface area contributed by atoms with Gasteiger partial charge in [-0.2, -0.15) is 0 Å². The van der Waals surface area contributed by atoms with Gasteiger partial charge in [0.25, 0.3) is 0 Å². The number of aromatic nitrogens is 1. The third-order valence-electron chi connectivity index (χ3n) is 1.80. The molecule has 0 aliphatic rings. The van der Waals surface area contributed by atoms with Gasteiger partial charge in [-0.25, -0.2) is 4.98 Å². The van der Waals surface area contributed by atoms with Gasteiger partial charge in [0.2, 0.25) is 0 Å². The second-order valence-corrected chi connectivity index (χ2v) is 3.36. The minimum atomic E-state index is 0.364. The van der Waals surface area contributed by atoms with Crippen molar-refractivity contribution in [3.05, 3.63) is 23.9 Å². The molecule has 0 saturated carbocycles. The Balaban J connectivity index is 2.39. The molecule has 1 aromatic rings. The number of hydrogen-bond acceptors (Lipinski definition) is 4. The van der Waals surface area contributed by atoms with E-state index >= 15 is 0 Å². The Labute approximate surface area is 94.8 Å². The molecule has 82 valence electrons. The van der Waals surface area contributed by atoms with Crippen LogP contribution in [0.3, 0.4) is 0 Å². The molecule has 0 atom stereocenters. The van der Waals surface area contributed by atoms with Crippen LogP contribution in [0.1, 0.15) is 12.5 Å². The van der Waals surface area contributed by atoms with Crippen LogP contribution in [0.15, 0.2) is 18.3 Å². The molecule has 0 spiro atoms. The van der Waals surface area contributed by atoms with E-state index in [1.54, 1.807) is 6.20 Å². The predicted molar refractivity (Wildman–Crippen MR) is 65.1 cm³/mol. The Hall–Kier alpha value is -1.20. The summed E-state index contributed by atoms with van der Waals surface area (Å²) in [6.07, 6.45) is 1.66. The minimum Gasteiger partial charge on any atom is -0.389 e. The molecule has 1 heterocycles. The van der Waals surface area contributed by atoms with Crippen LogP contribution in [0.2, 0.25) is 0 Å². The van der Waals surface area contributed by atoms with Gasteiger partial charge in [0.15, 0.2) is 0 Å². The lowest BCUT2D eigenvalue weighted by Gasteiger charge is -2.05. The SMILES string of the molecule is CCOCCNc1ccc(C(N)=S)cn1. The van der Waals surface area contributed by atoms with Crippen molar-refractivity contribution in [3.63, 3.8) is 0 Å². The van der Waals surface area contributed by atoms with Crippen LogP contribution in [0.4, 0.5) is 5.82 Å². The normalized spacial score (nSPS) is 9.93. The maximum Gasteiger partial charge on any atom is 0.125 e. The highest BCUT2D eigenvalue weighted by Crippen LogP contribution is 2.04. The van der Waals surface area contributed by atoms with Crippen molar-refractivity contribution < 1.29 is 4.74 Å². The molecule has 0 amide bonds. The molecular weight excluding hydrogens is 210 g/mol. The molecule has 0 fully saturated rings. The first-order valence-electron chi connectivity index (χ1n) is 4.81. The third-order valence-corrected chi connectivity index (χ3v) is 2.04. The second kappa shape index (κ2) is 6.31. The molecule has 5 heteroatoms. The van der Waals surface area contributed by atoms with Crippen molar-refractivity contribution >= 4 is 23.0 Å². The fourth-order valence-electron chi connectivity index (χ4n) is 1.04. The Morgan fingerprint density at radius 3 is 2.93 bits per heavy atom. The minimum absolute atomic E-state index is 0.364. The molecule has 0 bridgehead atoms. The standard InChI is InChI=1S/C10H15N3OS/c1-2-14-6-5-12-9-4-3-8(7-13-9)10(11)15/h3-4,7H,2,5-6H2,1H3,(H2,11,15)(H,12,13). The summed E-state index contributed by atoms with van der Waals surface area (Å²) in [5, 5.41) is 3.13. The topological polar surface area (TPSA) is 60.2 Å². The molecule has 15 heavy (non-hydrogen) atoms. The molecular formula is C10H15N3OS. The van der Waals surface area contributed by atoms with Crippen LogP contribution < -0.4 is 11.1 Å². The summed E-state index contributed by atoms with van der Waals surface area (Å²) in [7, 11) is 0. The van der Waals surface area contributed by atoms with Gasteiger partial charge in [0.05, 0.1) is 6.61 Å². The number of ether oxygens (including phenoxy) is 1. The first-order chi connectivity index (χ1) is 7.24. The summed E-state index contributed by atoms with van der Waals surface area (Å²) in [6, 6.07) is 3.69. The van der Waals surface area contributed by atoms with Gasteiger partial charge in [-0.05, 0) is 19.1 Å². The number of hydrogen-bond donors (Lipinski definition) is 2. The number of rotatable bonds is 6. The van der Waals surface area contributed by atoms with Crippen LogP contribution in [0, 0.1) is 0 Å². The van der Waals surface area contributed by atoms with Crippen molar-refractivity contribution in [2.24, 2.45) is 5.73 Å². The highest BCUT2D eigenvalue weighted by molar-refractivity contribution is 7.80. The van der Waals surface area contributed by atoms with Crippen LogP contribution >= 0.6 is 12.2 Å². The van der Waals surface area contributed by atoms with E-state index in [-0.39, 0.29) is 0 Å². The average Bonchev–Trinajstić information content (AvgIpc) is 2.25. The van der Waals surface area contributed by atoms with E-state index in [4.69, 9.17) is 22.7 Å². The second-order valence-electron chi connectivity index (χ2n) is 2.92. The van der Waals surface area contributed by atoms with Crippen molar-refractivity contribution in [3.8, 4) is 0 Å². The van der Waals surface area contributed by atoms with Gasteiger partial charge in [0, 0.05) is 24.9 Å². The molecule has 0 saturated heterocycles. The summed E-state index contributed by atoms with van der Waals surface area (Å²) < 4.78 is 5.19. The molecule has 0 unspecified atom stereocenters. The highest BCUT2D eigenvalue weighted by Gasteiger charge is 1.97. The molecule has 0 aliphatic carbocycles. The van der Waals surface area contributed by atoms with Crippen LogP contribution in [-0.4, -0.2) is 29.7 Å². The number of anilines is 1. The van der Waals surface area contributed by atoms with E-state index in [2.05, 4.69) is 10.3 Å². The van der Waals surface area contributed by atoms with E-state index in [0.29, 0.717) is 11.6 Å². The lowest BCUT2D eigenvalue weighted by atomic mass is 10.3. The number of pyridine rings is 1. The maximum atomic E-state index is 5.45. The largest absolute Gasteiger partial charge is 0.389 e. The Kier molecular flexibility index (Phi) is 5.00. The first kappa shape index (κ1) is 11.9. The van der Waals surface area contributed by atoms with Gasteiger partial charge in [-0.1, -0.05) is 12.2 Å². The van der Waals surface area contributed by atoms with E-state index in [9.17, 15) is 0 Å². The van der Waals surface area contributed by atoms with E-state index in [1.165, 1.54) is 0 Å². The van der Waals surface area contributed by atoms with Gasteiger partial charge in [-0.3, -0.25) is 0 Å². The molecule has 1 rings (SSSR count). The molecule has 0 radical (unpaired) electrons. The summed E-state index contributed by atoms with van der Waals surface area (Å²) in [4.78, 5) is 4.53. The van der Waals surface area contributed by atoms with Crippen molar-refractivity contribution in [1.82, 2.24) is 4.98 Å². The zero-order chi connectivity index (χ0) is 11.1. The van der Waals surface area contributed by atoms with E-state index in [1.807, 2.05) is 19.1 Å². The first-order valence-corrected chi connectivity index (χ1v) is 5.22. The van der Waals surface area contributed by atoms with Crippen LogP contribution in [-0.2, 0) is 4.74 Å². The van der Waals surface area contributed by atoms with Crippen LogP contribution in [0.25, 0.3) is 0 Å². The molecule has 3 N–H and O–H groups in total. The number of thiocarbonyl (C=S) groups is 1. The Bertz CT molecular complexity index is 313. The highest BCUT2D eigenvalue weighted by atomic mass is 32.1.